The first-order valence-electron chi connectivity index (χ1n) is 15.1. The smallest absolute Gasteiger partial charge is 0.312 e. The Labute approximate surface area is 260 Å². The molecule has 4 heterocycles. The molecular formula is C31H40BrN5O6. The zero-order valence-corrected chi connectivity index (χ0v) is 25.9. The SMILES string of the molecule is C=CCCCCOC(=O)[C@H]1[C@@H]2OC3(CC2Br)C(C(=O)N(CC=C)Cn2nnc4ccccc42)N(CCCCCO)C(=O)[C@H]13. The van der Waals surface area contributed by atoms with Crippen LogP contribution in [0.3, 0.4) is 0 Å². The lowest BCUT2D eigenvalue weighted by atomic mass is 9.70. The Hall–Kier alpha value is -3.09. The molecule has 3 unspecified atom stereocenters. The number of amides is 2. The quantitative estimate of drug-likeness (QED) is 0.126. The maximum atomic E-state index is 14.6. The molecule has 43 heavy (non-hydrogen) atoms. The van der Waals surface area contributed by atoms with Gasteiger partial charge in [-0.25, -0.2) is 4.68 Å². The molecule has 232 valence electrons. The van der Waals surface area contributed by atoms with E-state index in [9.17, 15) is 19.5 Å². The Balaban J connectivity index is 1.45. The lowest BCUT2D eigenvalue weighted by Gasteiger charge is -2.37. The Kier molecular flexibility index (Phi) is 9.98. The second-order valence-corrected chi connectivity index (χ2v) is 12.7. The standard InChI is InChI=1S/C31H40BrN5O6/c1-3-5-6-12-18-42-30(41)24-25-28(39)36(16-10-7-11-17-38)27(31(25)19-21(32)26(24)43-31)29(40)35(15-4-2)20-37-23-14-9-8-13-22(23)33-34-37/h3-4,8-9,13-14,21,24-27,38H,1-2,5-7,10-12,15-20H2/t21?,24-,25+,26-,27?,31?/m1/s1. The summed E-state index contributed by atoms with van der Waals surface area (Å²) in [6.07, 6.45) is 7.59. The number of halogens is 1. The van der Waals surface area contributed by atoms with Crippen molar-refractivity contribution in [1.29, 1.82) is 0 Å². The number of likely N-dealkylation sites (tertiary alicyclic amines) is 1. The van der Waals surface area contributed by atoms with Gasteiger partial charge in [0.1, 0.15) is 23.8 Å². The number of hydrogen-bond donors (Lipinski definition) is 1. The molecule has 1 aromatic carbocycles. The van der Waals surface area contributed by atoms with Gasteiger partial charge in [-0.2, -0.15) is 0 Å². The first kappa shape index (κ1) is 31.3. The van der Waals surface area contributed by atoms with Crippen molar-refractivity contribution in [3.63, 3.8) is 0 Å². The van der Waals surface area contributed by atoms with Crippen LogP contribution in [0.25, 0.3) is 11.0 Å². The number of aromatic nitrogens is 3. The average molecular weight is 659 g/mol. The number of benzene rings is 1. The Morgan fingerprint density at radius 2 is 2.00 bits per heavy atom. The molecule has 2 amide bonds. The summed E-state index contributed by atoms with van der Waals surface area (Å²) < 4.78 is 13.9. The van der Waals surface area contributed by atoms with Gasteiger partial charge in [0, 0.05) is 24.5 Å². The highest BCUT2D eigenvalue weighted by atomic mass is 79.9. The monoisotopic (exact) mass is 657 g/mol. The normalized spacial score (nSPS) is 27.4. The van der Waals surface area contributed by atoms with Crippen molar-refractivity contribution in [1.82, 2.24) is 24.8 Å². The predicted octanol–water partition coefficient (Wildman–Crippen LogP) is 3.21. The highest BCUT2D eigenvalue weighted by Gasteiger charge is 2.77. The van der Waals surface area contributed by atoms with E-state index in [0.29, 0.717) is 44.2 Å². The van der Waals surface area contributed by atoms with Gasteiger partial charge >= 0.3 is 5.97 Å². The van der Waals surface area contributed by atoms with Crippen LogP contribution in [0, 0.1) is 11.8 Å². The summed E-state index contributed by atoms with van der Waals surface area (Å²) in [5.41, 5.74) is 0.304. The van der Waals surface area contributed by atoms with Gasteiger partial charge < -0.3 is 24.4 Å². The molecular weight excluding hydrogens is 618 g/mol. The van der Waals surface area contributed by atoms with Crippen molar-refractivity contribution >= 4 is 44.7 Å². The minimum absolute atomic E-state index is 0.0542. The first-order chi connectivity index (χ1) is 20.9. The van der Waals surface area contributed by atoms with Gasteiger partial charge in [-0.15, -0.1) is 18.3 Å². The number of allylic oxidation sites excluding steroid dienone is 1. The molecule has 3 aliphatic heterocycles. The molecule has 0 radical (unpaired) electrons. The number of carbonyl (C=O) groups is 3. The lowest BCUT2D eigenvalue weighted by molar-refractivity contribution is -0.155. The molecule has 3 aliphatic rings. The number of ether oxygens (including phenoxy) is 2. The molecule has 12 heteroatoms. The fraction of sp³-hybridized carbons (Fsp3) is 0.581. The summed E-state index contributed by atoms with van der Waals surface area (Å²) in [4.78, 5) is 45.3. The molecule has 1 N–H and O–H groups in total. The number of aliphatic hydroxyl groups excluding tert-OH is 1. The van der Waals surface area contributed by atoms with Crippen molar-refractivity contribution in [2.75, 3.05) is 26.3 Å². The zero-order chi connectivity index (χ0) is 30.6. The molecule has 6 atom stereocenters. The van der Waals surface area contributed by atoms with E-state index in [2.05, 4.69) is 39.4 Å². The Morgan fingerprint density at radius 3 is 2.77 bits per heavy atom. The molecule has 5 rings (SSSR count). The molecule has 2 aromatic rings. The topological polar surface area (TPSA) is 127 Å². The summed E-state index contributed by atoms with van der Waals surface area (Å²) in [5.74, 6) is -2.65. The number of aliphatic hydroxyl groups is 1. The third kappa shape index (κ3) is 5.88. The lowest BCUT2D eigenvalue weighted by Crippen LogP contribution is -2.57. The Bertz CT molecular complexity index is 1350. The van der Waals surface area contributed by atoms with Gasteiger partial charge in [0.15, 0.2) is 0 Å². The van der Waals surface area contributed by atoms with Crippen molar-refractivity contribution in [3.8, 4) is 0 Å². The van der Waals surface area contributed by atoms with Gasteiger partial charge in [0.05, 0.1) is 30.1 Å². The maximum Gasteiger partial charge on any atom is 0.312 e. The summed E-state index contributed by atoms with van der Waals surface area (Å²) in [5, 5.41) is 17.8. The van der Waals surface area contributed by atoms with Crippen LogP contribution < -0.4 is 0 Å². The molecule has 3 saturated heterocycles. The van der Waals surface area contributed by atoms with Crippen LogP contribution in [-0.4, -0.2) is 96.6 Å². The predicted molar refractivity (Wildman–Crippen MR) is 163 cm³/mol. The fourth-order valence-corrected chi connectivity index (χ4v) is 7.82. The highest BCUT2D eigenvalue weighted by Crippen LogP contribution is 2.60. The average Bonchev–Trinajstić information content (AvgIpc) is 3.72. The zero-order valence-electron chi connectivity index (χ0n) is 24.4. The van der Waals surface area contributed by atoms with Crippen molar-refractivity contribution < 1.29 is 29.0 Å². The highest BCUT2D eigenvalue weighted by molar-refractivity contribution is 9.09. The minimum Gasteiger partial charge on any atom is -0.465 e. The largest absolute Gasteiger partial charge is 0.465 e. The van der Waals surface area contributed by atoms with Gasteiger partial charge in [-0.05, 0) is 57.1 Å². The van der Waals surface area contributed by atoms with Gasteiger partial charge in [0.2, 0.25) is 11.8 Å². The number of carbonyl (C=O) groups excluding carboxylic acids is 3. The summed E-state index contributed by atoms with van der Waals surface area (Å²) in [6, 6.07) is 6.56. The van der Waals surface area contributed by atoms with Crippen molar-refractivity contribution in [2.45, 2.75) is 74.2 Å². The van der Waals surface area contributed by atoms with E-state index in [1.54, 1.807) is 20.6 Å². The number of rotatable bonds is 16. The molecule has 11 nitrogen and oxygen atoms in total. The van der Waals surface area contributed by atoms with E-state index in [-0.39, 0.29) is 43.1 Å². The van der Waals surface area contributed by atoms with Crippen LogP contribution >= 0.6 is 15.9 Å². The fourth-order valence-electron chi connectivity index (χ4n) is 6.88. The maximum absolute atomic E-state index is 14.6. The van der Waals surface area contributed by atoms with Crippen molar-refractivity contribution in [3.05, 3.63) is 49.6 Å². The van der Waals surface area contributed by atoms with Gasteiger partial charge in [0.25, 0.3) is 0 Å². The molecule has 1 aromatic heterocycles. The second-order valence-electron chi connectivity index (χ2n) is 11.5. The number of esters is 1. The third-order valence-electron chi connectivity index (χ3n) is 8.79. The summed E-state index contributed by atoms with van der Waals surface area (Å²) in [6.45, 7) is 8.53. The van der Waals surface area contributed by atoms with Crippen LogP contribution in [0.15, 0.2) is 49.6 Å². The molecule has 3 fully saturated rings. The molecule has 0 aliphatic carbocycles. The number of hydrogen-bond acceptors (Lipinski definition) is 8. The number of fused-ring (bicyclic) bond motifs is 2. The Morgan fingerprint density at radius 1 is 1.19 bits per heavy atom. The number of alkyl halides is 1. The van der Waals surface area contributed by atoms with Crippen LogP contribution in [0.5, 0.6) is 0 Å². The summed E-state index contributed by atoms with van der Waals surface area (Å²) >= 11 is 3.71. The first-order valence-corrected chi connectivity index (χ1v) is 16.0. The molecule has 2 bridgehead atoms. The van der Waals surface area contributed by atoms with Gasteiger partial charge in [-0.3, -0.25) is 14.4 Å². The van der Waals surface area contributed by atoms with Crippen molar-refractivity contribution in [2.24, 2.45) is 11.8 Å². The molecule has 1 spiro atoms. The van der Waals surface area contributed by atoms with E-state index >= 15 is 0 Å². The van der Waals surface area contributed by atoms with Crippen LogP contribution in [0.2, 0.25) is 0 Å². The van der Waals surface area contributed by atoms with E-state index in [1.807, 2.05) is 30.3 Å². The minimum atomic E-state index is -1.18. The number of para-hydroxylation sites is 1. The van der Waals surface area contributed by atoms with E-state index in [4.69, 9.17) is 9.47 Å². The van der Waals surface area contributed by atoms with E-state index < -0.39 is 35.6 Å². The van der Waals surface area contributed by atoms with Crippen LogP contribution in [0.4, 0.5) is 0 Å². The van der Waals surface area contributed by atoms with Crippen LogP contribution in [-0.2, 0) is 30.5 Å². The summed E-state index contributed by atoms with van der Waals surface area (Å²) in [7, 11) is 0. The third-order valence-corrected chi connectivity index (χ3v) is 9.63. The second kappa shape index (κ2) is 13.7. The van der Waals surface area contributed by atoms with E-state index in [0.717, 1.165) is 18.4 Å². The molecule has 0 saturated carbocycles. The van der Waals surface area contributed by atoms with E-state index in [1.165, 1.54) is 0 Å². The number of nitrogens with zero attached hydrogens (tertiary/aromatic N) is 5. The van der Waals surface area contributed by atoms with Gasteiger partial charge in [-0.1, -0.05) is 45.4 Å². The number of unbranched alkanes of at least 4 members (excludes halogenated alkanes) is 4. The van der Waals surface area contributed by atoms with Crippen LogP contribution in [0.1, 0.15) is 44.9 Å².